The number of pyridine rings is 1. The van der Waals surface area contributed by atoms with Crippen molar-refractivity contribution in [1.29, 1.82) is 0 Å². The fourth-order valence-corrected chi connectivity index (χ4v) is 2.97. The lowest BCUT2D eigenvalue weighted by Crippen LogP contribution is -2.17. The number of ether oxygens (including phenoxy) is 1. The molecule has 0 radical (unpaired) electrons. The van der Waals surface area contributed by atoms with Crippen molar-refractivity contribution in [2.24, 2.45) is 5.73 Å². The minimum absolute atomic E-state index is 0.174. The van der Waals surface area contributed by atoms with Gasteiger partial charge in [-0.05, 0) is 28.1 Å². The molecule has 17 heavy (non-hydrogen) atoms. The fourth-order valence-electron chi connectivity index (χ4n) is 1.34. The number of thiophene rings is 1. The van der Waals surface area contributed by atoms with Gasteiger partial charge in [-0.3, -0.25) is 4.98 Å². The van der Waals surface area contributed by atoms with Crippen LogP contribution in [-0.2, 0) is 0 Å². The zero-order chi connectivity index (χ0) is 12.3. The first kappa shape index (κ1) is 12.8. The molecule has 0 bridgehead atoms. The van der Waals surface area contributed by atoms with Crippen molar-refractivity contribution in [2.75, 3.05) is 6.54 Å². The predicted octanol–water partition coefficient (Wildman–Crippen LogP) is 3.64. The van der Waals surface area contributed by atoms with Crippen molar-refractivity contribution in [3.63, 3.8) is 0 Å². The van der Waals surface area contributed by atoms with E-state index in [0.29, 0.717) is 17.3 Å². The van der Waals surface area contributed by atoms with E-state index < -0.39 is 0 Å². The van der Waals surface area contributed by atoms with E-state index in [-0.39, 0.29) is 6.10 Å². The molecule has 0 saturated carbocycles. The van der Waals surface area contributed by atoms with Gasteiger partial charge in [-0.2, -0.15) is 0 Å². The highest BCUT2D eigenvalue weighted by Gasteiger charge is 2.14. The Hall–Kier alpha value is -0.620. The van der Waals surface area contributed by atoms with Crippen molar-refractivity contribution >= 4 is 38.9 Å². The zero-order valence-corrected chi connectivity index (χ0v) is 11.9. The van der Waals surface area contributed by atoms with Crippen LogP contribution in [-0.4, -0.2) is 11.5 Å². The lowest BCUT2D eigenvalue weighted by atomic mass is 10.3. The summed E-state index contributed by atoms with van der Waals surface area (Å²) in [5.74, 6) is 0.623. The van der Waals surface area contributed by atoms with Gasteiger partial charge in [0, 0.05) is 23.7 Å². The molecular formula is C11H10BrClN2OS. The summed E-state index contributed by atoms with van der Waals surface area (Å²) in [7, 11) is 0. The topological polar surface area (TPSA) is 48.1 Å². The molecule has 2 rings (SSSR count). The van der Waals surface area contributed by atoms with Crippen LogP contribution in [0.4, 0.5) is 0 Å². The molecular weight excluding hydrogens is 324 g/mol. The molecule has 2 N–H and O–H groups in total. The van der Waals surface area contributed by atoms with Crippen LogP contribution in [0.5, 0.6) is 5.75 Å². The lowest BCUT2D eigenvalue weighted by Gasteiger charge is -2.15. The van der Waals surface area contributed by atoms with Crippen LogP contribution in [0.2, 0.25) is 5.02 Å². The van der Waals surface area contributed by atoms with Crippen LogP contribution < -0.4 is 10.5 Å². The van der Waals surface area contributed by atoms with E-state index in [0.717, 1.165) is 8.66 Å². The second-order valence-corrected chi connectivity index (χ2v) is 6.25. The van der Waals surface area contributed by atoms with E-state index in [9.17, 15) is 0 Å². The summed E-state index contributed by atoms with van der Waals surface area (Å²) in [5.41, 5.74) is 5.71. The van der Waals surface area contributed by atoms with Crippen molar-refractivity contribution < 1.29 is 4.74 Å². The Morgan fingerprint density at radius 1 is 1.47 bits per heavy atom. The first-order valence-corrected chi connectivity index (χ1v) is 6.90. The van der Waals surface area contributed by atoms with Crippen LogP contribution in [0.1, 0.15) is 11.0 Å². The van der Waals surface area contributed by atoms with Gasteiger partial charge in [0.15, 0.2) is 0 Å². The molecule has 2 aromatic rings. The van der Waals surface area contributed by atoms with Crippen molar-refractivity contribution in [3.8, 4) is 5.75 Å². The van der Waals surface area contributed by atoms with Gasteiger partial charge in [0.1, 0.15) is 11.9 Å². The largest absolute Gasteiger partial charge is 0.482 e. The molecule has 90 valence electrons. The first-order chi connectivity index (χ1) is 8.19. The summed E-state index contributed by atoms with van der Waals surface area (Å²) in [5, 5.41) is 0.547. The fraction of sp³-hybridized carbons (Fsp3) is 0.182. The minimum Gasteiger partial charge on any atom is -0.482 e. The Balaban J connectivity index is 2.15. The Kier molecular flexibility index (Phi) is 4.39. The zero-order valence-electron chi connectivity index (χ0n) is 8.77. The summed E-state index contributed by atoms with van der Waals surface area (Å²) in [6, 6.07) is 5.69. The minimum atomic E-state index is -0.174. The van der Waals surface area contributed by atoms with E-state index in [1.54, 1.807) is 29.8 Å². The Morgan fingerprint density at radius 2 is 2.29 bits per heavy atom. The maximum atomic E-state index is 5.84. The standard InChI is InChI=1S/C11H10BrClN2OS/c12-11-2-1-10(17-11)9(4-14)16-8-3-7(13)5-15-6-8/h1-3,5-6,9H,4,14H2. The molecule has 2 aromatic heterocycles. The molecule has 1 atom stereocenters. The smallest absolute Gasteiger partial charge is 0.145 e. The summed E-state index contributed by atoms with van der Waals surface area (Å²) in [6.07, 6.45) is 3.01. The number of hydrogen-bond donors (Lipinski definition) is 1. The monoisotopic (exact) mass is 332 g/mol. The van der Waals surface area contributed by atoms with Crippen molar-refractivity contribution in [1.82, 2.24) is 4.98 Å². The number of nitrogens with two attached hydrogens (primary N) is 1. The molecule has 2 heterocycles. The Labute approximate surface area is 117 Å². The van der Waals surface area contributed by atoms with Crippen molar-refractivity contribution in [3.05, 3.63) is 44.3 Å². The summed E-state index contributed by atoms with van der Waals surface area (Å²) in [6.45, 7) is 0.402. The van der Waals surface area contributed by atoms with E-state index in [4.69, 9.17) is 22.1 Å². The summed E-state index contributed by atoms with van der Waals surface area (Å²) < 4.78 is 6.82. The van der Waals surface area contributed by atoms with Gasteiger partial charge in [0.25, 0.3) is 0 Å². The molecule has 0 spiro atoms. The highest BCUT2D eigenvalue weighted by atomic mass is 79.9. The molecule has 0 aliphatic heterocycles. The van der Waals surface area contributed by atoms with Crippen LogP contribution in [0.3, 0.4) is 0 Å². The van der Waals surface area contributed by atoms with Crippen LogP contribution >= 0.6 is 38.9 Å². The SMILES string of the molecule is NCC(Oc1cncc(Cl)c1)c1ccc(Br)s1. The molecule has 0 aliphatic rings. The number of rotatable bonds is 4. The Morgan fingerprint density at radius 3 is 2.88 bits per heavy atom. The average Bonchev–Trinajstić information content (AvgIpc) is 2.73. The normalized spacial score (nSPS) is 12.4. The number of hydrogen-bond acceptors (Lipinski definition) is 4. The molecule has 0 saturated heterocycles. The molecule has 0 aromatic carbocycles. The van der Waals surface area contributed by atoms with Gasteiger partial charge in [-0.25, -0.2) is 0 Å². The van der Waals surface area contributed by atoms with E-state index >= 15 is 0 Å². The summed E-state index contributed by atoms with van der Waals surface area (Å²) >= 11 is 10.9. The summed E-state index contributed by atoms with van der Waals surface area (Å²) in [4.78, 5) is 5.04. The second kappa shape index (κ2) is 5.82. The van der Waals surface area contributed by atoms with Crippen molar-refractivity contribution in [2.45, 2.75) is 6.10 Å². The van der Waals surface area contributed by atoms with Crippen LogP contribution in [0.15, 0.2) is 34.4 Å². The predicted molar refractivity (Wildman–Crippen MR) is 73.7 cm³/mol. The molecule has 0 aliphatic carbocycles. The third-order valence-corrected chi connectivity index (χ3v) is 4.01. The second-order valence-electron chi connectivity index (χ2n) is 3.32. The maximum absolute atomic E-state index is 5.84. The van der Waals surface area contributed by atoms with Gasteiger partial charge in [-0.1, -0.05) is 11.6 Å². The number of aromatic nitrogens is 1. The third-order valence-electron chi connectivity index (χ3n) is 2.08. The highest BCUT2D eigenvalue weighted by Crippen LogP contribution is 2.30. The molecule has 3 nitrogen and oxygen atoms in total. The van der Waals surface area contributed by atoms with Gasteiger partial charge in [-0.15, -0.1) is 11.3 Å². The van der Waals surface area contributed by atoms with E-state index in [1.807, 2.05) is 12.1 Å². The number of nitrogens with zero attached hydrogens (tertiary/aromatic N) is 1. The Bertz CT molecular complexity index is 506. The average molecular weight is 334 g/mol. The van der Waals surface area contributed by atoms with E-state index in [2.05, 4.69) is 20.9 Å². The maximum Gasteiger partial charge on any atom is 0.145 e. The van der Waals surface area contributed by atoms with Gasteiger partial charge in [0.2, 0.25) is 0 Å². The quantitative estimate of drug-likeness (QED) is 0.929. The lowest BCUT2D eigenvalue weighted by molar-refractivity contribution is 0.217. The van der Waals surface area contributed by atoms with Crippen LogP contribution in [0.25, 0.3) is 0 Å². The molecule has 0 amide bonds. The molecule has 1 unspecified atom stereocenters. The van der Waals surface area contributed by atoms with Crippen LogP contribution in [0, 0.1) is 0 Å². The van der Waals surface area contributed by atoms with E-state index in [1.165, 1.54) is 0 Å². The number of halogens is 2. The highest BCUT2D eigenvalue weighted by molar-refractivity contribution is 9.11. The molecule has 0 fully saturated rings. The van der Waals surface area contributed by atoms with Gasteiger partial charge < -0.3 is 10.5 Å². The van der Waals surface area contributed by atoms with Gasteiger partial charge >= 0.3 is 0 Å². The third kappa shape index (κ3) is 3.42. The first-order valence-electron chi connectivity index (χ1n) is 4.91. The van der Waals surface area contributed by atoms with Gasteiger partial charge in [0.05, 0.1) is 15.0 Å². The molecule has 6 heteroatoms.